The molecule has 6 nitrogen and oxygen atoms in total. The predicted molar refractivity (Wildman–Crippen MR) is 65.6 cm³/mol. The molecule has 0 atom stereocenters. The molecule has 1 aliphatic rings. The minimum absolute atomic E-state index is 0.0947. The maximum Gasteiger partial charge on any atom is 0.270 e. The smallest absolute Gasteiger partial charge is 0.270 e. The summed E-state index contributed by atoms with van der Waals surface area (Å²) in [4.78, 5) is 21.8. The van der Waals surface area contributed by atoms with Crippen molar-refractivity contribution in [1.29, 1.82) is 0 Å². The maximum absolute atomic E-state index is 11.8. The molecule has 0 bridgehead atoms. The molecule has 0 aromatic heterocycles. The molecule has 2 N–H and O–H groups in total. The molecule has 0 saturated heterocycles. The van der Waals surface area contributed by atoms with Gasteiger partial charge in [0.25, 0.3) is 11.6 Å². The highest BCUT2D eigenvalue weighted by Crippen LogP contribution is 2.15. The van der Waals surface area contributed by atoms with Gasteiger partial charge in [0.1, 0.15) is 0 Å². The lowest BCUT2D eigenvalue weighted by Gasteiger charge is -2.08. The fourth-order valence-electron chi connectivity index (χ4n) is 1.75. The highest BCUT2D eigenvalue weighted by atomic mass is 16.6. The molecule has 94 valence electrons. The van der Waals surface area contributed by atoms with Crippen molar-refractivity contribution in [2.24, 2.45) is 0 Å². The number of benzene rings is 1. The number of hydrogen-bond acceptors (Lipinski definition) is 4. The third-order valence-electron chi connectivity index (χ3n) is 2.70. The Bertz CT molecular complexity index is 511. The van der Waals surface area contributed by atoms with Crippen LogP contribution in [0.2, 0.25) is 0 Å². The van der Waals surface area contributed by atoms with Gasteiger partial charge in [0.05, 0.1) is 4.92 Å². The van der Waals surface area contributed by atoms with Crippen molar-refractivity contribution in [1.82, 2.24) is 10.9 Å². The first-order valence-corrected chi connectivity index (χ1v) is 5.66. The fraction of sp³-hybridized carbons (Fsp3) is 0.250. The van der Waals surface area contributed by atoms with Crippen LogP contribution in [0.25, 0.3) is 0 Å². The number of allylic oxidation sites excluding steroid dienone is 2. The first-order valence-electron chi connectivity index (χ1n) is 5.66. The number of hydrogen-bond donors (Lipinski definition) is 2. The van der Waals surface area contributed by atoms with Crippen LogP contribution >= 0.6 is 0 Å². The van der Waals surface area contributed by atoms with Crippen LogP contribution in [-0.2, 0) is 0 Å². The zero-order valence-electron chi connectivity index (χ0n) is 9.68. The van der Waals surface area contributed by atoms with E-state index in [9.17, 15) is 14.9 Å². The first-order chi connectivity index (χ1) is 8.66. The summed E-state index contributed by atoms with van der Waals surface area (Å²) < 4.78 is 0. The molecule has 6 heteroatoms. The van der Waals surface area contributed by atoms with Crippen molar-refractivity contribution in [3.63, 3.8) is 0 Å². The Morgan fingerprint density at radius 1 is 1.39 bits per heavy atom. The molecule has 1 aromatic carbocycles. The Hall–Kier alpha value is -2.37. The quantitative estimate of drug-likeness (QED) is 0.628. The van der Waals surface area contributed by atoms with E-state index in [1.54, 1.807) is 0 Å². The average Bonchev–Trinajstić information content (AvgIpc) is 2.89. The minimum Gasteiger partial charge on any atom is -0.303 e. The van der Waals surface area contributed by atoms with Crippen LogP contribution in [0.3, 0.4) is 0 Å². The van der Waals surface area contributed by atoms with Crippen LogP contribution < -0.4 is 10.9 Å². The normalized spacial score (nSPS) is 13.9. The van der Waals surface area contributed by atoms with Crippen LogP contribution in [0, 0.1) is 10.1 Å². The number of carbonyl (C=O) groups is 1. The number of carbonyl (C=O) groups excluding carboxylic acids is 1. The summed E-state index contributed by atoms with van der Waals surface area (Å²) in [6, 6.07) is 5.62. The lowest BCUT2D eigenvalue weighted by Crippen LogP contribution is -2.36. The number of rotatable bonds is 4. The van der Waals surface area contributed by atoms with Crippen LogP contribution in [0.15, 0.2) is 36.0 Å². The fourth-order valence-corrected chi connectivity index (χ4v) is 1.75. The molecule has 0 fully saturated rings. The van der Waals surface area contributed by atoms with E-state index in [4.69, 9.17) is 0 Å². The molecule has 0 heterocycles. The van der Waals surface area contributed by atoms with Crippen molar-refractivity contribution in [3.8, 4) is 0 Å². The van der Waals surface area contributed by atoms with Crippen molar-refractivity contribution < 1.29 is 9.72 Å². The third kappa shape index (κ3) is 2.85. The number of amides is 1. The zero-order chi connectivity index (χ0) is 13.0. The summed E-state index contributed by atoms with van der Waals surface area (Å²) in [6.45, 7) is 0. The molecule has 1 aromatic rings. The van der Waals surface area contributed by atoms with Crippen molar-refractivity contribution in [2.75, 3.05) is 0 Å². The lowest BCUT2D eigenvalue weighted by molar-refractivity contribution is -0.384. The Labute approximate surface area is 104 Å². The maximum atomic E-state index is 11.8. The summed E-state index contributed by atoms with van der Waals surface area (Å²) in [6.07, 6.45) is 5.02. The topological polar surface area (TPSA) is 84.3 Å². The number of nitrogens with one attached hydrogen (secondary N) is 2. The summed E-state index contributed by atoms with van der Waals surface area (Å²) in [7, 11) is 0. The summed E-state index contributed by atoms with van der Waals surface area (Å²) in [5, 5.41) is 10.6. The predicted octanol–water partition coefficient (Wildman–Crippen LogP) is 1.90. The highest BCUT2D eigenvalue weighted by molar-refractivity contribution is 5.94. The van der Waals surface area contributed by atoms with Crippen molar-refractivity contribution in [2.45, 2.75) is 19.3 Å². The standard InChI is InChI=1S/C12H13N3O3/c16-12(14-13-10-5-1-2-6-10)9-4-3-7-11(8-9)15(17)18/h3-5,7-8,13H,1-2,6H2,(H,14,16). The number of nitrogens with zero attached hydrogens (tertiary/aromatic N) is 1. The van der Waals surface area contributed by atoms with E-state index in [1.807, 2.05) is 6.08 Å². The summed E-state index contributed by atoms with van der Waals surface area (Å²) >= 11 is 0. The monoisotopic (exact) mass is 247 g/mol. The molecule has 0 aliphatic heterocycles. The van der Waals surface area contributed by atoms with E-state index in [1.165, 1.54) is 24.3 Å². The van der Waals surface area contributed by atoms with Gasteiger partial charge in [-0.1, -0.05) is 12.1 Å². The number of hydrazine groups is 1. The van der Waals surface area contributed by atoms with Crippen LogP contribution in [0.4, 0.5) is 5.69 Å². The van der Waals surface area contributed by atoms with Gasteiger partial charge in [-0.05, 0) is 25.3 Å². The molecule has 18 heavy (non-hydrogen) atoms. The van der Waals surface area contributed by atoms with Crippen LogP contribution in [-0.4, -0.2) is 10.8 Å². The Balaban J connectivity index is 1.99. The van der Waals surface area contributed by atoms with E-state index in [0.717, 1.165) is 25.0 Å². The second-order valence-corrected chi connectivity index (χ2v) is 4.01. The lowest BCUT2D eigenvalue weighted by atomic mass is 10.2. The summed E-state index contributed by atoms with van der Waals surface area (Å²) in [5.74, 6) is -0.383. The molecule has 0 saturated carbocycles. The van der Waals surface area contributed by atoms with Gasteiger partial charge in [-0.3, -0.25) is 20.3 Å². The average molecular weight is 247 g/mol. The third-order valence-corrected chi connectivity index (χ3v) is 2.70. The molecule has 0 unspecified atom stereocenters. The molecular formula is C12H13N3O3. The number of non-ortho nitro benzene ring substituents is 1. The van der Waals surface area contributed by atoms with Gasteiger partial charge >= 0.3 is 0 Å². The van der Waals surface area contributed by atoms with E-state index >= 15 is 0 Å². The van der Waals surface area contributed by atoms with Gasteiger partial charge in [-0.2, -0.15) is 0 Å². The van der Waals surface area contributed by atoms with Gasteiger partial charge in [0.2, 0.25) is 0 Å². The van der Waals surface area contributed by atoms with Crippen molar-refractivity contribution >= 4 is 11.6 Å². The summed E-state index contributed by atoms with van der Waals surface area (Å²) in [5.41, 5.74) is 6.49. The van der Waals surface area contributed by atoms with E-state index < -0.39 is 4.92 Å². The molecule has 1 aliphatic carbocycles. The molecule has 2 rings (SSSR count). The SMILES string of the molecule is O=C(NNC1=CCCC1)c1cccc([N+](=O)[O-])c1. The van der Waals surface area contributed by atoms with E-state index in [2.05, 4.69) is 10.9 Å². The first kappa shape index (κ1) is 12.1. The van der Waals surface area contributed by atoms with Crippen molar-refractivity contribution in [3.05, 3.63) is 51.7 Å². The van der Waals surface area contributed by atoms with Crippen LogP contribution in [0.5, 0.6) is 0 Å². The second-order valence-electron chi connectivity index (χ2n) is 4.01. The van der Waals surface area contributed by atoms with Gasteiger partial charge < -0.3 is 5.43 Å². The molecular weight excluding hydrogens is 234 g/mol. The van der Waals surface area contributed by atoms with Gasteiger partial charge in [-0.15, -0.1) is 0 Å². The Morgan fingerprint density at radius 3 is 2.89 bits per heavy atom. The van der Waals surface area contributed by atoms with E-state index in [-0.39, 0.29) is 17.2 Å². The molecule has 1 amide bonds. The zero-order valence-corrected chi connectivity index (χ0v) is 9.68. The molecule has 0 spiro atoms. The molecule has 0 radical (unpaired) electrons. The Kier molecular flexibility index (Phi) is 3.57. The second kappa shape index (κ2) is 5.31. The van der Waals surface area contributed by atoms with Gasteiger partial charge in [0.15, 0.2) is 0 Å². The van der Waals surface area contributed by atoms with Crippen LogP contribution in [0.1, 0.15) is 29.6 Å². The number of nitro benzene ring substituents is 1. The minimum atomic E-state index is -0.524. The Morgan fingerprint density at radius 2 is 2.22 bits per heavy atom. The number of nitro groups is 1. The van der Waals surface area contributed by atoms with Gasteiger partial charge in [0, 0.05) is 23.4 Å². The van der Waals surface area contributed by atoms with E-state index in [0.29, 0.717) is 0 Å². The largest absolute Gasteiger partial charge is 0.303 e. The highest BCUT2D eigenvalue weighted by Gasteiger charge is 2.12. The van der Waals surface area contributed by atoms with Gasteiger partial charge in [-0.25, -0.2) is 0 Å².